The quantitative estimate of drug-likeness (QED) is 0.698. The molecule has 1 aromatic heterocycles. The largest absolute Gasteiger partial charge is 0.369 e. The molecule has 0 spiro atoms. The average molecular weight is 469 g/mol. The lowest BCUT2D eigenvalue weighted by molar-refractivity contribution is 0.0225. The SMILES string of the molecule is CN1C(N)=N[C@](C)(c2cc(NC(=O)c3ccc(CC(C)(F)F)cn3)ccc2F)CS1(=O)=O. The molecule has 1 aliphatic rings. The number of rotatable bonds is 5. The zero-order valence-electron chi connectivity index (χ0n) is 17.6. The molecule has 0 saturated heterocycles. The molecule has 3 N–H and O–H groups in total. The average Bonchev–Trinajstić information content (AvgIpc) is 2.66. The molecule has 1 aliphatic heterocycles. The Morgan fingerprint density at radius 2 is 2.00 bits per heavy atom. The van der Waals surface area contributed by atoms with E-state index in [4.69, 9.17) is 5.73 Å². The number of guanidine groups is 1. The Morgan fingerprint density at radius 3 is 2.56 bits per heavy atom. The summed E-state index contributed by atoms with van der Waals surface area (Å²) in [6, 6.07) is 6.32. The number of nitrogens with two attached hydrogens (primary N) is 1. The zero-order valence-corrected chi connectivity index (χ0v) is 18.4. The van der Waals surface area contributed by atoms with Crippen LogP contribution in [-0.4, -0.2) is 48.3 Å². The minimum atomic E-state index is -3.82. The van der Waals surface area contributed by atoms with Crippen LogP contribution in [0.15, 0.2) is 41.5 Å². The lowest BCUT2D eigenvalue weighted by atomic mass is 9.93. The highest BCUT2D eigenvalue weighted by Gasteiger charge is 2.41. The standard InChI is InChI=1S/C20H22F3N5O3S/c1-19(11-32(30,31)28(3)18(24)27-19)14-8-13(5-6-15(14)21)26-17(29)16-7-4-12(10-25-16)9-20(2,22)23/h4-8,10H,9,11H2,1-3H3,(H2,24,27)(H,26,29)/t19-/m0/s1. The van der Waals surface area contributed by atoms with Crippen molar-refractivity contribution in [3.8, 4) is 0 Å². The van der Waals surface area contributed by atoms with Crippen LogP contribution in [0.3, 0.4) is 0 Å². The predicted molar refractivity (Wildman–Crippen MR) is 113 cm³/mol. The summed E-state index contributed by atoms with van der Waals surface area (Å²) < 4.78 is 66.4. The lowest BCUT2D eigenvalue weighted by Crippen LogP contribution is -2.50. The van der Waals surface area contributed by atoms with Gasteiger partial charge in [0.05, 0.1) is 5.75 Å². The van der Waals surface area contributed by atoms with Crippen molar-refractivity contribution >= 4 is 27.6 Å². The van der Waals surface area contributed by atoms with Crippen molar-refractivity contribution in [2.75, 3.05) is 18.1 Å². The summed E-state index contributed by atoms with van der Waals surface area (Å²) in [6.07, 6.45) is 0.674. The van der Waals surface area contributed by atoms with Crippen molar-refractivity contribution < 1.29 is 26.4 Å². The molecule has 0 fully saturated rings. The van der Waals surface area contributed by atoms with Crippen molar-refractivity contribution in [3.05, 3.63) is 59.2 Å². The number of hydrogen-bond donors (Lipinski definition) is 2. The molecule has 1 aromatic carbocycles. The van der Waals surface area contributed by atoms with Crippen LogP contribution in [-0.2, 0) is 22.0 Å². The third kappa shape index (κ3) is 5.01. The minimum absolute atomic E-state index is 0.0330. The Morgan fingerprint density at radius 1 is 1.31 bits per heavy atom. The number of aromatic nitrogens is 1. The topological polar surface area (TPSA) is 118 Å². The van der Waals surface area contributed by atoms with E-state index in [0.717, 1.165) is 17.3 Å². The molecule has 1 atom stereocenters. The number of nitrogens with zero attached hydrogens (tertiary/aromatic N) is 3. The molecule has 0 aliphatic carbocycles. The zero-order chi connectivity index (χ0) is 23.9. The van der Waals surface area contributed by atoms with Gasteiger partial charge in [-0.3, -0.25) is 9.78 Å². The van der Waals surface area contributed by atoms with Crippen molar-refractivity contribution in [1.29, 1.82) is 0 Å². The molecule has 32 heavy (non-hydrogen) atoms. The molecule has 0 saturated carbocycles. The van der Waals surface area contributed by atoms with Crippen LogP contribution in [0.1, 0.15) is 35.5 Å². The minimum Gasteiger partial charge on any atom is -0.369 e. The molecule has 0 unspecified atom stereocenters. The molecule has 8 nitrogen and oxygen atoms in total. The van der Waals surface area contributed by atoms with Crippen molar-refractivity contribution in [2.45, 2.75) is 31.7 Å². The number of hydrogen-bond acceptors (Lipinski definition) is 6. The second-order valence-electron chi connectivity index (χ2n) is 7.91. The number of alkyl halides is 2. The van der Waals surface area contributed by atoms with E-state index in [-0.39, 0.29) is 28.5 Å². The molecular formula is C20H22F3N5O3S. The first-order chi connectivity index (χ1) is 14.7. The predicted octanol–water partition coefficient (Wildman–Crippen LogP) is 2.48. The van der Waals surface area contributed by atoms with Gasteiger partial charge in [0, 0.05) is 30.9 Å². The van der Waals surface area contributed by atoms with Gasteiger partial charge in [0.2, 0.25) is 21.9 Å². The van der Waals surface area contributed by atoms with Gasteiger partial charge >= 0.3 is 0 Å². The third-order valence-corrected chi connectivity index (χ3v) is 6.89. The van der Waals surface area contributed by atoms with Gasteiger partial charge in [-0.2, -0.15) is 0 Å². The molecule has 0 radical (unpaired) electrons. The summed E-state index contributed by atoms with van der Waals surface area (Å²) >= 11 is 0. The number of sulfonamides is 1. The smallest absolute Gasteiger partial charge is 0.274 e. The van der Waals surface area contributed by atoms with Crippen LogP contribution in [0.4, 0.5) is 18.9 Å². The molecule has 12 heteroatoms. The first-order valence-corrected chi connectivity index (χ1v) is 11.1. The van der Waals surface area contributed by atoms with Crippen LogP contribution in [0.2, 0.25) is 0 Å². The summed E-state index contributed by atoms with van der Waals surface area (Å²) in [7, 11) is -2.57. The van der Waals surface area contributed by atoms with E-state index < -0.39 is 45.4 Å². The highest BCUT2D eigenvalue weighted by atomic mass is 32.2. The van der Waals surface area contributed by atoms with Gasteiger partial charge in [0.1, 0.15) is 17.1 Å². The molecular weight excluding hydrogens is 447 g/mol. The number of nitrogens with one attached hydrogen (secondary N) is 1. The van der Waals surface area contributed by atoms with Gasteiger partial charge in [0.15, 0.2) is 0 Å². The van der Waals surface area contributed by atoms with Crippen molar-refractivity contribution in [2.24, 2.45) is 10.7 Å². The number of amides is 1. The Bertz CT molecular complexity index is 1180. The lowest BCUT2D eigenvalue weighted by Gasteiger charge is -2.34. The molecule has 1 amide bonds. The number of carbonyl (C=O) groups excluding carboxylic acids is 1. The normalized spacial score (nSPS) is 20.6. The second-order valence-corrected chi connectivity index (χ2v) is 9.92. The van der Waals surface area contributed by atoms with Crippen LogP contribution in [0.5, 0.6) is 0 Å². The monoisotopic (exact) mass is 469 g/mol. The number of carbonyl (C=O) groups is 1. The Labute approximate surface area is 183 Å². The molecule has 2 aromatic rings. The van der Waals surface area contributed by atoms with E-state index in [1.165, 1.54) is 44.4 Å². The number of halogens is 3. The summed E-state index contributed by atoms with van der Waals surface area (Å²) in [5.41, 5.74) is 4.54. The van der Waals surface area contributed by atoms with Gasteiger partial charge in [-0.25, -0.2) is 30.9 Å². The second kappa shape index (κ2) is 8.08. The Balaban J connectivity index is 1.86. The maximum Gasteiger partial charge on any atom is 0.274 e. The van der Waals surface area contributed by atoms with E-state index in [0.29, 0.717) is 0 Å². The highest BCUT2D eigenvalue weighted by Crippen LogP contribution is 2.34. The molecule has 3 rings (SSSR count). The van der Waals surface area contributed by atoms with Crippen molar-refractivity contribution in [1.82, 2.24) is 9.29 Å². The van der Waals surface area contributed by atoms with Gasteiger partial charge in [0.25, 0.3) is 5.91 Å². The Kier molecular flexibility index (Phi) is 5.94. The van der Waals surface area contributed by atoms with Crippen LogP contribution in [0.25, 0.3) is 0 Å². The van der Waals surface area contributed by atoms with Crippen molar-refractivity contribution in [3.63, 3.8) is 0 Å². The molecule has 0 bridgehead atoms. The fraction of sp³-hybridized carbons (Fsp3) is 0.350. The summed E-state index contributed by atoms with van der Waals surface area (Å²) in [4.78, 5) is 20.5. The maximum atomic E-state index is 14.6. The number of anilines is 1. The van der Waals surface area contributed by atoms with E-state index >= 15 is 0 Å². The van der Waals surface area contributed by atoms with Crippen LogP contribution in [0, 0.1) is 5.82 Å². The summed E-state index contributed by atoms with van der Waals surface area (Å²) in [5, 5.41) is 2.53. The van der Waals surface area contributed by atoms with Crippen LogP contribution < -0.4 is 11.1 Å². The first-order valence-electron chi connectivity index (χ1n) is 9.46. The Hall–Kier alpha value is -3.15. The third-order valence-electron chi connectivity index (χ3n) is 4.94. The number of pyridine rings is 1. The van der Waals surface area contributed by atoms with Gasteiger partial charge < -0.3 is 11.1 Å². The highest BCUT2D eigenvalue weighted by molar-refractivity contribution is 7.89. The maximum absolute atomic E-state index is 14.6. The number of aliphatic imine (C=N–C) groups is 1. The molecule has 2 heterocycles. The van der Waals surface area contributed by atoms with Gasteiger partial charge in [-0.15, -0.1) is 0 Å². The summed E-state index contributed by atoms with van der Waals surface area (Å²) in [5.74, 6) is -5.07. The van der Waals surface area contributed by atoms with E-state index in [9.17, 15) is 26.4 Å². The van der Waals surface area contributed by atoms with E-state index in [2.05, 4.69) is 15.3 Å². The first kappa shape index (κ1) is 23.5. The van der Waals surface area contributed by atoms with Crippen LogP contribution >= 0.6 is 0 Å². The molecule has 172 valence electrons. The van der Waals surface area contributed by atoms with E-state index in [1.54, 1.807) is 0 Å². The fourth-order valence-electron chi connectivity index (χ4n) is 3.32. The summed E-state index contributed by atoms with van der Waals surface area (Å²) in [6.45, 7) is 2.21. The fourth-order valence-corrected chi connectivity index (χ4v) is 4.77. The number of benzene rings is 1. The van der Waals surface area contributed by atoms with E-state index in [1.807, 2.05) is 0 Å². The van der Waals surface area contributed by atoms with Gasteiger partial charge in [-0.05, 0) is 43.7 Å². The van der Waals surface area contributed by atoms with Gasteiger partial charge in [-0.1, -0.05) is 6.07 Å².